The van der Waals surface area contributed by atoms with Crippen LogP contribution in [0, 0.1) is 23.7 Å². The molecule has 0 aromatic heterocycles. The van der Waals surface area contributed by atoms with Crippen molar-refractivity contribution in [1.82, 2.24) is 21.5 Å². The molecule has 2 atom stereocenters. The van der Waals surface area contributed by atoms with Crippen molar-refractivity contribution in [3.63, 3.8) is 0 Å². The average molecular weight is 460 g/mol. The van der Waals surface area contributed by atoms with Crippen molar-refractivity contribution in [2.24, 2.45) is 28.7 Å². The molecule has 3 fully saturated rings. The van der Waals surface area contributed by atoms with Gasteiger partial charge in [-0.05, 0) is 71.1 Å². The fourth-order valence-electron chi connectivity index (χ4n) is 5.15. The summed E-state index contributed by atoms with van der Waals surface area (Å²) in [6.07, 6.45) is 2.02. The number of amides is 1. The first-order valence-corrected chi connectivity index (χ1v) is 12.2. The Morgan fingerprint density at radius 3 is 2.12 bits per heavy atom. The fourth-order valence-corrected chi connectivity index (χ4v) is 5.15. The Hall–Kier alpha value is -1.35. The predicted octanol–water partition coefficient (Wildman–Crippen LogP) is 4.23. The lowest BCUT2D eigenvalue weighted by Crippen LogP contribution is -2.52. The van der Waals surface area contributed by atoms with E-state index in [-0.39, 0.29) is 43.3 Å². The zero-order chi connectivity index (χ0) is 23.5. The molecule has 1 saturated heterocycles. The zero-order valence-corrected chi connectivity index (χ0v) is 19.8. The number of halogens is 3. The lowest BCUT2D eigenvalue weighted by atomic mass is 9.79. The Morgan fingerprint density at radius 2 is 1.56 bits per heavy atom. The molecular weight excluding hydrogens is 419 g/mol. The average Bonchev–Trinajstić information content (AvgIpc) is 3.15. The monoisotopic (exact) mass is 459 g/mol. The zero-order valence-electron chi connectivity index (χ0n) is 19.8. The van der Waals surface area contributed by atoms with Crippen LogP contribution in [-0.4, -0.2) is 35.8 Å². The summed E-state index contributed by atoms with van der Waals surface area (Å²) >= 11 is 0. The molecule has 184 valence electrons. The number of hydrazine groups is 1. The van der Waals surface area contributed by atoms with Gasteiger partial charge in [-0.15, -0.1) is 0 Å². The largest absolute Gasteiger partial charge is 0.391 e. The molecular formula is C23H40F3N5O. The summed E-state index contributed by atoms with van der Waals surface area (Å²) in [5.74, 6) is -0.120. The van der Waals surface area contributed by atoms with Crippen molar-refractivity contribution < 1.29 is 18.0 Å². The number of rotatable bonds is 3. The summed E-state index contributed by atoms with van der Waals surface area (Å²) in [6.45, 7) is 8.26. The molecule has 0 aromatic carbocycles. The number of guanidine groups is 1. The lowest BCUT2D eigenvalue weighted by Gasteiger charge is -2.30. The van der Waals surface area contributed by atoms with Crippen molar-refractivity contribution >= 4 is 11.9 Å². The quantitative estimate of drug-likeness (QED) is 0.376. The maximum atomic E-state index is 12.9. The Balaban J connectivity index is 1.58. The van der Waals surface area contributed by atoms with Gasteiger partial charge in [0.1, 0.15) is 6.17 Å². The number of alkyl halides is 3. The molecule has 9 heteroatoms. The van der Waals surface area contributed by atoms with Crippen LogP contribution in [0.5, 0.6) is 0 Å². The summed E-state index contributed by atoms with van der Waals surface area (Å²) in [5.41, 5.74) is 6.33. The molecule has 6 nitrogen and oxygen atoms in total. The fraction of sp³-hybridized carbons (Fsp3) is 0.913. The normalized spacial score (nSPS) is 34.9. The van der Waals surface area contributed by atoms with Gasteiger partial charge < -0.3 is 5.32 Å². The van der Waals surface area contributed by atoms with Crippen LogP contribution >= 0.6 is 0 Å². The molecule has 0 aromatic rings. The highest BCUT2D eigenvalue weighted by Crippen LogP contribution is 2.39. The number of nitrogens with zero attached hydrogens (tertiary/aromatic N) is 1. The van der Waals surface area contributed by atoms with Crippen LogP contribution in [-0.2, 0) is 4.79 Å². The minimum Gasteiger partial charge on any atom is -0.351 e. The van der Waals surface area contributed by atoms with Crippen LogP contribution in [0.25, 0.3) is 0 Å². The van der Waals surface area contributed by atoms with E-state index in [1.54, 1.807) is 0 Å². The molecule has 1 amide bonds. The molecule has 0 spiro atoms. The van der Waals surface area contributed by atoms with E-state index in [0.29, 0.717) is 17.9 Å². The van der Waals surface area contributed by atoms with Crippen molar-refractivity contribution in [2.45, 2.75) is 109 Å². The van der Waals surface area contributed by atoms with Crippen LogP contribution < -0.4 is 21.5 Å². The first-order chi connectivity index (χ1) is 14.9. The molecule has 0 radical (unpaired) electrons. The maximum absolute atomic E-state index is 12.9. The standard InChI is InChI=1S/C23H40F3N5O/c1-14-5-7-15(8-6-14)18-13-19(31-30-18)27-21(29-22(2,3)4)28-20(32)16-9-11-17(12-10-16)23(24,25)26/h14-19,30-31H,5-13H2,1-4H3,(H2,27,28,29,32). The molecule has 2 saturated carbocycles. The molecule has 2 aliphatic carbocycles. The third-order valence-electron chi connectivity index (χ3n) is 7.12. The second-order valence-electron chi connectivity index (χ2n) is 11.1. The van der Waals surface area contributed by atoms with Gasteiger partial charge in [0.25, 0.3) is 0 Å². The van der Waals surface area contributed by atoms with Crippen LogP contribution in [0.15, 0.2) is 4.99 Å². The molecule has 4 N–H and O–H groups in total. The molecule has 2 unspecified atom stereocenters. The minimum absolute atomic E-state index is 0.0105. The third-order valence-corrected chi connectivity index (χ3v) is 7.12. The molecule has 1 aliphatic heterocycles. The smallest absolute Gasteiger partial charge is 0.351 e. The van der Waals surface area contributed by atoms with Gasteiger partial charge in [-0.1, -0.05) is 19.8 Å². The number of carbonyl (C=O) groups is 1. The first kappa shape index (κ1) is 25.3. The van der Waals surface area contributed by atoms with Gasteiger partial charge in [-0.2, -0.15) is 13.2 Å². The number of aliphatic imine (C=N–C) groups is 1. The Morgan fingerprint density at radius 1 is 0.938 bits per heavy atom. The van der Waals surface area contributed by atoms with Gasteiger partial charge in [0.15, 0.2) is 5.96 Å². The molecule has 1 heterocycles. The second kappa shape index (κ2) is 10.3. The summed E-state index contributed by atoms with van der Waals surface area (Å²) in [5, 5.41) is 6.13. The van der Waals surface area contributed by atoms with Gasteiger partial charge >= 0.3 is 6.18 Å². The molecule has 3 rings (SSSR count). The topological polar surface area (TPSA) is 77.5 Å². The van der Waals surface area contributed by atoms with Crippen molar-refractivity contribution in [2.75, 3.05) is 0 Å². The first-order valence-electron chi connectivity index (χ1n) is 12.2. The molecule has 0 bridgehead atoms. The Bertz CT molecular complexity index is 660. The summed E-state index contributed by atoms with van der Waals surface area (Å²) in [6, 6.07) is 0.362. The van der Waals surface area contributed by atoms with Crippen LogP contribution in [0.4, 0.5) is 13.2 Å². The lowest BCUT2D eigenvalue weighted by molar-refractivity contribution is -0.184. The summed E-state index contributed by atoms with van der Waals surface area (Å²) < 4.78 is 38.8. The highest BCUT2D eigenvalue weighted by Gasteiger charge is 2.42. The highest BCUT2D eigenvalue weighted by molar-refractivity contribution is 5.98. The van der Waals surface area contributed by atoms with E-state index in [1.807, 2.05) is 20.8 Å². The molecule has 3 aliphatic rings. The van der Waals surface area contributed by atoms with E-state index in [1.165, 1.54) is 25.7 Å². The predicted molar refractivity (Wildman–Crippen MR) is 120 cm³/mol. The van der Waals surface area contributed by atoms with Crippen molar-refractivity contribution in [3.8, 4) is 0 Å². The Kier molecular flexibility index (Phi) is 8.12. The van der Waals surface area contributed by atoms with E-state index in [0.717, 1.165) is 12.3 Å². The summed E-state index contributed by atoms with van der Waals surface area (Å²) in [4.78, 5) is 17.5. The van der Waals surface area contributed by atoms with E-state index in [4.69, 9.17) is 4.99 Å². The number of hydrogen-bond acceptors (Lipinski definition) is 4. The van der Waals surface area contributed by atoms with Gasteiger partial charge in [0.05, 0.1) is 5.92 Å². The van der Waals surface area contributed by atoms with Gasteiger partial charge in [-0.25, -0.2) is 10.4 Å². The number of nitrogens with one attached hydrogen (secondary N) is 4. The van der Waals surface area contributed by atoms with Gasteiger partial charge in [0, 0.05) is 23.9 Å². The Labute approximate surface area is 189 Å². The summed E-state index contributed by atoms with van der Waals surface area (Å²) in [7, 11) is 0. The highest BCUT2D eigenvalue weighted by atomic mass is 19.4. The van der Waals surface area contributed by atoms with E-state index in [9.17, 15) is 18.0 Å². The third kappa shape index (κ3) is 7.33. The van der Waals surface area contributed by atoms with Crippen LogP contribution in [0.3, 0.4) is 0 Å². The SMILES string of the molecule is CC1CCC(C2CC(/N=C(/NC(=O)C3CCC(C(F)(F)F)CC3)NC(C)(C)C)NN2)CC1. The second-order valence-corrected chi connectivity index (χ2v) is 11.1. The van der Waals surface area contributed by atoms with Crippen LogP contribution in [0.2, 0.25) is 0 Å². The van der Waals surface area contributed by atoms with Crippen molar-refractivity contribution in [1.29, 1.82) is 0 Å². The van der Waals surface area contributed by atoms with Gasteiger partial charge in [0.2, 0.25) is 5.91 Å². The number of hydrogen-bond donors (Lipinski definition) is 4. The van der Waals surface area contributed by atoms with Gasteiger partial charge in [-0.3, -0.25) is 15.5 Å². The maximum Gasteiger partial charge on any atom is 0.391 e. The van der Waals surface area contributed by atoms with Crippen LogP contribution in [0.1, 0.15) is 85.5 Å². The number of carbonyl (C=O) groups excluding carboxylic acids is 1. The van der Waals surface area contributed by atoms with E-state index < -0.39 is 18.0 Å². The van der Waals surface area contributed by atoms with E-state index in [2.05, 4.69) is 28.4 Å². The van der Waals surface area contributed by atoms with E-state index >= 15 is 0 Å². The molecule has 32 heavy (non-hydrogen) atoms. The minimum atomic E-state index is -4.17. The van der Waals surface area contributed by atoms with Crippen molar-refractivity contribution in [3.05, 3.63) is 0 Å².